The van der Waals surface area contributed by atoms with Crippen LogP contribution in [0.25, 0.3) is 0 Å². The molecule has 0 fully saturated rings. The van der Waals surface area contributed by atoms with E-state index < -0.39 is 0 Å². The Morgan fingerprint density at radius 1 is 1.10 bits per heavy atom. The number of hydrogen-bond acceptors (Lipinski definition) is 2. The van der Waals surface area contributed by atoms with Crippen molar-refractivity contribution < 1.29 is 4.74 Å². The van der Waals surface area contributed by atoms with E-state index in [0.29, 0.717) is 0 Å². The lowest BCUT2D eigenvalue weighted by molar-refractivity contribution is 0.449. The number of halogens is 1. The molecule has 1 aliphatic rings. The molecule has 2 aromatic rings. The molecule has 1 heterocycles. The fourth-order valence-electron chi connectivity index (χ4n) is 2.44. The average molecular weight is 377 g/mol. The summed E-state index contributed by atoms with van der Waals surface area (Å²) in [6.07, 6.45) is 0. The van der Waals surface area contributed by atoms with Gasteiger partial charge in [-0.1, -0.05) is 59.0 Å². The maximum Gasteiger partial charge on any atom is 0.223 e. The van der Waals surface area contributed by atoms with Crippen LogP contribution in [0.5, 0.6) is 5.75 Å². The van der Waals surface area contributed by atoms with Crippen molar-refractivity contribution in [3.8, 4) is 5.75 Å². The Morgan fingerprint density at radius 3 is 2.55 bits per heavy atom. The van der Waals surface area contributed by atoms with Gasteiger partial charge in [-0.25, -0.2) is 4.99 Å². The summed E-state index contributed by atoms with van der Waals surface area (Å²) in [5.41, 5.74) is 3.18. The maximum atomic E-state index is 6.04. The van der Waals surface area contributed by atoms with Crippen LogP contribution in [0.2, 0.25) is 0 Å². The van der Waals surface area contributed by atoms with Gasteiger partial charge in [-0.15, -0.1) is 0 Å². The first-order chi connectivity index (χ1) is 9.64. The molecule has 0 saturated heterocycles. The topological polar surface area (TPSA) is 21.6 Å². The van der Waals surface area contributed by atoms with Crippen molar-refractivity contribution in [2.24, 2.45) is 4.99 Å². The summed E-state index contributed by atoms with van der Waals surface area (Å²) in [6, 6.07) is 16.4. The van der Waals surface area contributed by atoms with Gasteiger partial charge in [-0.3, -0.25) is 0 Å². The van der Waals surface area contributed by atoms with Crippen LogP contribution in [-0.2, 0) is 5.54 Å². The molecule has 2 nitrogen and oxygen atoms in total. The Morgan fingerprint density at radius 2 is 1.80 bits per heavy atom. The van der Waals surface area contributed by atoms with Crippen LogP contribution in [-0.4, -0.2) is 10.3 Å². The van der Waals surface area contributed by atoms with Crippen LogP contribution in [0.1, 0.15) is 23.6 Å². The number of benzene rings is 2. The second kappa shape index (κ2) is 5.20. The fourth-order valence-corrected chi connectivity index (χ4v) is 3.02. The molecular formula is C17H16INO. The van der Waals surface area contributed by atoms with Crippen molar-refractivity contribution in [3.05, 3.63) is 65.2 Å². The Kier molecular flexibility index (Phi) is 3.54. The molecule has 0 aliphatic carbocycles. The van der Waals surface area contributed by atoms with Gasteiger partial charge in [0.25, 0.3) is 0 Å². The van der Waals surface area contributed by atoms with E-state index in [4.69, 9.17) is 9.73 Å². The number of rotatable bonds is 2. The lowest BCUT2D eigenvalue weighted by Gasteiger charge is -2.31. The molecule has 0 spiro atoms. The number of aliphatic imine (C=N–C) groups is 1. The minimum Gasteiger partial charge on any atom is -0.438 e. The predicted octanol–water partition coefficient (Wildman–Crippen LogP) is 4.48. The Labute approximate surface area is 133 Å². The zero-order valence-electron chi connectivity index (χ0n) is 11.6. The van der Waals surface area contributed by atoms with Crippen LogP contribution < -0.4 is 4.74 Å². The molecule has 20 heavy (non-hydrogen) atoms. The van der Waals surface area contributed by atoms with Crippen molar-refractivity contribution in [1.29, 1.82) is 0 Å². The van der Waals surface area contributed by atoms with E-state index in [1.165, 1.54) is 5.56 Å². The highest BCUT2D eigenvalue weighted by Crippen LogP contribution is 2.39. The molecule has 3 rings (SSSR count). The second-order valence-electron chi connectivity index (χ2n) is 5.24. The summed E-state index contributed by atoms with van der Waals surface area (Å²) in [6.45, 7) is 4.25. The Bertz CT molecular complexity index is 680. The molecular weight excluding hydrogens is 361 g/mol. The summed E-state index contributed by atoms with van der Waals surface area (Å²) in [4.78, 5) is 4.89. The molecule has 0 saturated carbocycles. The lowest BCUT2D eigenvalue weighted by atomic mass is 9.92. The molecule has 1 atom stereocenters. The minimum absolute atomic E-state index is 0.229. The van der Waals surface area contributed by atoms with Crippen molar-refractivity contribution >= 4 is 28.5 Å². The molecule has 1 aliphatic heterocycles. The van der Waals surface area contributed by atoms with Crippen LogP contribution in [0, 0.1) is 6.92 Å². The van der Waals surface area contributed by atoms with E-state index in [1.54, 1.807) is 0 Å². The molecule has 1 unspecified atom stereocenters. The van der Waals surface area contributed by atoms with Gasteiger partial charge < -0.3 is 4.74 Å². The minimum atomic E-state index is -0.229. The molecule has 0 amide bonds. The molecule has 2 aromatic carbocycles. The summed E-state index contributed by atoms with van der Waals surface area (Å²) < 4.78 is 6.96. The fraction of sp³-hybridized carbons (Fsp3) is 0.235. The number of ether oxygens (including phenoxy) is 1. The molecule has 0 radical (unpaired) electrons. The van der Waals surface area contributed by atoms with E-state index in [0.717, 1.165) is 27.2 Å². The zero-order chi connectivity index (χ0) is 14.2. The third-order valence-electron chi connectivity index (χ3n) is 3.66. The predicted molar refractivity (Wildman–Crippen MR) is 91.0 cm³/mol. The smallest absolute Gasteiger partial charge is 0.223 e. The monoisotopic (exact) mass is 377 g/mol. The number of para-hydroxylation sites is 1. The van der Waals surface area contributed by atoms with Crippen molar-refractivity contribution in [1.82, 2.24) is 0 Å². The average Bonchev–Trinajstić information content (AvgIpc) is 2.48. The Hall–Kier alpha value is -1.36. The first-order valence-corrected chi connectivity index (χ1v) is 8.16. The molecule has 0 bridgehead atoms. The summed E-state index contributed by atoms with van der Waals surface area (Å²) in [5.74, 6) is 1.64. The number of alkyl halides is 1. The first kappa shape index (κ1) is 13.6. The SMILES string of the molecule is Cc1ccccc1C1=NC(C)(CI)c2ccccc2O1. The highest BCUT2D eigenvalue weighted by molar-refractivity contribution is 14.1. The van der Waals surface area contributed by atoms with Gasteiger partial charge in [0.05, 0.1) is 5.54 Å². The van der Waals surface area contributed by atoms with E-state index in [1.807, 2.05) is 30.3 Å². The van der Waals surface area contributed by atoms with Crippen molar-refractivity contribution in [3.63, 3.8) is 0 Å². The summed E-state index contributed by atoms with van der Waals surface area (Å²) in [7, 11) is 0. The van der Waals surface area contributed by atoms with Gasteiger partial charge >= 0.3 is 0 Å². The number of hydrogen-bond donors (Lipinski definition) is 0. The zero-order valence-corrected chi connectivity index (χ0v) is 13.7. The normalized spacial score (nSPS) is 20.9. The van der Waals surface area contributed by atoms with Crippen molar-refractivity contribution in [2.75, 3.05) is 4.43 Å². The van der Waals surface area contributed by atoms with E-state index in [2.05, 4.69) is 54.6 Å². The van der Waals surface area contributed by atoms with E-state index in [9.17, 15) is 0 Å². The van der Waals surface area contributed by atoms with Gasteiger partial charge in [0.1, 0.15) is 5.75 Å². The summed E-state index contributed by atoms with van der Waals surface area (Å²) >= 11 is 2.40. The first-order valence-electron chi connectivity index (χ1n) is 6.63. The van der Waals surface area contributed by atoms with Gasteiger partial charge in [0, 0.05) is 15.6 Å². The largest absolute Gasteiger partial charge is 0.438 e. The van der Waals surface area contributed by atoms with Crippen LogP contribution in [0.3, 0.4) is 0 Å². The van der Waals surface area contributed by atoms with E-state index in [-0.39, 0.29) is 5.54 Å². The van der Waals surface area contributed by atoms with Crippen molar-refractivity contribution in [2.45, 2.75) is 19.4 Å². The summed E-state index contributed by atoms with van der Waals surface area (Å²) in [5, 5.41) is 0. The van der Waals surface area contributed by atoms with Gasteiger partial charge in [0.2, 0.25) is 5.90 Å². The highest BCUT2D eigenvalue weighted by atomic mass is 127. The third-order valence-corrected chi connectivity index (χ3v) is 5.14. The number of aryl methyl sites for hydroxylation is 1. The van der Waals surface area contributed by atoms with Crippen LogP contribution in [0.4, 0.5) is 0 Å². The van der Waals surface area contributed by atoms with Gasteiger partial charge in [-0.2, -0.15) is 0 Å². The van der Waals surface area contributed by atoms with Crippen LogP contribution in [0.15, 0.2) is 53.5 Å². The number of fused-ring (bicyclic) bond motifs is 1. The second-order valence-corrected chi connectivity index (χ2v) is 6.00. The van der Waals surface area contributed by atoms with Gasteiger partial charge in [-0.05, 0) is 31.5 Å². The quantitative estimate of drug-likeness (QED) is 0.559. The molecule has 0 aromatic heterocycles. The highest BCUT2D eigenvalue weighted by Gasteiger charge is 2.33. The number of nitrogens with zero attached hydrogens (tertiary/aromatic N) is 1. The molecule has 3 heteroatoms. The third kappa shape index (κ3) is 2.24. The molecule has 0 N–H and O–H groups in total. The van der Waals surface area contributed by atoms with E-state index >= 15 is 0 Å². The maximum absolute atomic E-state index is 6.04. The standard InChI is InChI=1S/C17H16INO/c1-12-7-3-4-8-13(12)16-19-17(2,11-18)14-9-5-6-10-15(14)20-16/h3-10H,11H2,1-2H3. The molecule has 102 valence electrons. The lowest BCUT2D eigenvalue weighted by Crippen LogP contribution is -2.31. The van der Waals surface area contributed by atoms with Gasteiger partial charge in [0.15, 0.2) is 0 Å². The van der Waals surface area contributed by atoms with Crippen LogP contribution >= 0.6 is 22.6 Å². The Balaban J connectivity index is 2.15.